The Labute approximate surface area is 580 Å². The maximum absolute atomic E-state index is 15.6. The third-order valence-electron chi connectivity index (χ3n) is 21.1. The number of aromatic nitrogens is 1. The molecule has 1 saturated carbocycles. The quantitative estimate of drug-likeness (QED) is 0.00884. The number of aliphatic hydroxyl groups excluding tert-OH is 1. The van der Waals surface area contributed by atoms with E-state index in [1.807, 2.05) is 62.4 Å². The first-order chi connectivity index (χ1) is 46.9. The van der Waals surface area contributed by atoms with Crippen LogP contribution in [0.25, 0.3) is 10.9 Å². The van der Waals surface area contributed by atoms with E-state index < -0.39 is 148 Å². The van der Waals surface area contributed by atoms with Gasteiger partial charge in [-0.3, -0.25) is 53.8 Å². The number of hydrogen-bond acceptors (Lipinski definition) is 22. The molecule has 0 radical (unpaired) electrons. The van der Waals surface area contributed by atoms with E-state index >= 15 is 9.59 Å². The lowest BCUT2D eigenvalue weighted by Gasteiger charge is -2.63. The highest BCUT2D eigenvalue weighted by atomic mass is 33.1. The van der Waals surface area contributed by atoms with Crippen LogP contribution >= 0.6 is 21.6 Å². The van der Waals surface area contributed by atoms with E-state index in [4.69, 9.17) is 25.7 Å². The van der Waals surface area contributed by atoms with Crippen molar-refractivity contribution in [2.45, 2.75) is 168 Å². The SMILES string of the molecule is CC[C@]1(O)C[C@H]2CN(CCc3c([nH]c4ccccc34)[C@@](C(=O)OC)(c3cc4c(cc3OC)N(C)[C@H]3[C@@](O)(C(=O)NNC(=O)OC(C)C(C)SSC[C@H](NC(=O)[C@H](CC(=O)O)NC(=O)[C@H](CC(=O)O)NC(=O)[C@H](CCCN=C(N)N)NC)C(=O)O)[C@H](O)[C@]5(CC)C=CCN6CC[C@]43[C@@H]65)C2)C1. The molecular weight excluding hydrogens is 1330 g/mol. The number of carboxylic acids is 3. The van der Waals surface area contributed by atoms with E-state index in [0.29, 0.717) is 93.1 Å². The van der Waals surface area contributed by atoms with Crippen LogP contribution in [0.5, 0.6) is 5.75 Å². The number of carboxylic acid groups (broad SMARTS) is 3. The summed E-state index contributed by atoms with van der Waals surface area (Å²) in [4.78, 5) is 135. The number of aliphatic carboxylic acids is 3. The molecule has 3 unspecified atom stereocenters. The van der Waals surface area contributed by atoms with Crippen molar-refractivity contribution in [3.8, 4) is 5.75 Å². The fraction of sp³-hybridized carbons (Fsp3) is 0.606. The Kier molecular flexibility index (Phi) is 23.2. The number of aromatic amines is 1. The molecule has 5 aliphatic heterocycles. The number of esters is 1. The summed E-state index contributed by atoms with van der Waals surface area (Å²) in [5.41, 5.74) is 11.7. The van der Waals surface area contributed by atoms with Crippen molar-refractivity contribution in [3.05, 3.63) is 70.9 Å². The summed E-state index contributed by atoms with van der Waals surface area (Å²) in [6, 6.07) is 3.57. The van der Waals surface area contributed by atoms with Gasteiger partial charge in [0.05, 0.1) is 44.7 Å². The average molecular weight is 1420 g/mol. The number of likely N-dealkylation sites (N-methyl/N-ethyl adjacent to an activating group) is 2. The second-order valence-corrected chi connectivity index (χ2v) is 29.7. The third kappa shape index (κ3) is 14.4. The van der Waals surface area contributed by atoms with Gasteiger partial charge in [-0.1, -0.05) is 65.8 Å². The van der Waals surface area contributed by atoms with E-state index in [1.165, 1.54) is 28.2 Å². The second kappa shape index (κ2) is 30.5. The van der Waals surface area contributed by atoms with Crippen LogP contribution in [0.4, 0.5) is 10.5 Å². The Balaban J connectivity index is 0.921. The second-order valence-electron chi connectivity index (χ2n) is 26.9. The summed E-state index contributed by atoms with van der Waals surface area (Å²) in [6.07, 6.45) is 0.593. The van der Waals surface area contributed by atoms with Crippen molar-refractivity contribution >= 4 is 97.7 Å². The van der Waals surface area contributed by atoms with Crippen LogP contribution < -0.4 is 53.2 Å². The molecule has 3 aromatic rings. The zero-order valence-electron chi connectivity index (χ0n) is 56.8. The van der Waals surface area contributed by atoms with Crippen molar-refractivity contribution in [2.75, 3.05) is 78.2 Å². The number of nitrogens with two attached hydrogens (primary N) is 2. The number of hydrogen-bond donors (Lipinski definition) is 15. The minimum Gasteiger partial charge on any atom is -0.496 e. The largest absolute Gasteiger partial charge is 0.496 e. The first-order valence-electron chi connectivity index (χ1n) is 33.2. The topological polar surface area (TPSA) is 465 Å². The number of hydrazine groups is 1. The Bertz CT molecular complexity index is 3650. The Morgan fingerprint density at radius 3 is 2.13 bits per heavy atom. The van der Waals surface area contributed by atoms with Crippen molar-refractivity contribution in [2.24, 2.45) is 27.8 Å². The number of aliphatic hydroxyl groups is 3. The lowest BCUT2D eigenvalue weighted by molar-refractivity contribution is -0.204. The first-order valence-corrected chi connectivity index (χ1v) is 35.6. The molecule has 6 heterocycles. The third-order valence-corrected chi connectivity index (χ3v) is 24.2. The zero-order valence-corrected chi connectivity index (χ0v) is 58.4. The monoisotopic (exact) mass is 1420 g/mol. The van der Waals surface area contributed by atoms with Gasteiger partial charge >= 0.3 is 30.0 Å². The molecule has 1 aromatic heterocycles. The minimum absolute atomic E-state index is 0.150. The molecule has 1 aliphatic carbocycles. The number of carbonyl (C=O) groups is 9. The number of piperidine rings is 1. The number of aliphatic imine (C=N–C) groups is 1. The van der Waals surface area contributed by atoms with Gasteiger partial charge in [-0.05, 0) is 108 Å². The van der Waals surface area contributed by atoms with E-state index in [9.17, 15) is 64.2 Å². The normalized spacial score (nSPS) is 28.4. The van der Waals surface area contributed by atoms with Crippen LogP contribution in [0.3, 0.4) is 0 Å². The predicted octanol–water partition coefficient (Wildman–Crippen LogP) is 0.293. The van der Waals surface area contributed by atoms with Gasteiger partial charge in [0.15, 0.2) is 11.6 Å². The number of ether oxygens (including phenoxy) is 3. The predicted molar refractivity (Wildman–Crippen MR) is 366 cm³/mol. The minimum atomic E-state index is -2.70. The van der Waals surface area contributed by atoms with Crippen molar-refractivity contribution in [1.29, 1.82) is 0 Å². The summed E-state index contributed by atoms with van der Waals surface area (Å²) >= 11 is 0. The van der Waals surface area contributed by atoms with Crippen molar-refractivity contribution in [3.63, 3.8) is 0 Å². The maximum Gasteiger partial charge on any atom is 0.426 e. The Morgan fingerprint density at radius 2 is 1.52 bits per heavy atom. The molecule has 31 nitrogen and oxygen atoms in total. The van der Waals surface area contributed by atoms with Gasteiger partial charge in [-0.15, -0.1) is 0 Å². The molecule has 3 fully saturated rings. The summed E-state index contributed by atoms with van der Waals surface area (Å²) in [5, 5.41) is 78.0. The highest BCUT2D eigenvalue weighted by Gasteiger charge is 2.79. The molecule has 6 aliphatic rings. The summed E-state index contributed by atoms with van der Waals surface area (Å²) < 4.78 is 18.1. The number of H-pyrrole nitrogens is 1. The smallest absolute Gasteiger partial charge is 0.426 e. The van der Waals surface area contributed by atoms with Gasteiger partial charge in [-0.25, -0.2) is 15.0 Å². The highest BCUT2D eigenvalue weighted by molar-refractivity contribution is 8.77. The number of nitrogens with one attached hydrogen (secondary N) is 7. The van der Waals surface area contributed by atoms with Gasteiger partial charge < -0.3 is 87.5 Å². The number of rotatable bonds is 28. The van der Waals surface area contributed by atoms with Crippen LogP contribution in [0.15, 0.2) is 53.5 Å². The van der Waals surface area contributed by atoms with Gasteiger partial charge in [0.2, 0.25) is 17.7 Å². The standard InChI is InChI=1S/C66H93N13O18S2/c1-9-62(93)29-36-30-65(59(91)96-8,50-38(18-23-78(31-36)33-62)37-15-11-12-16-41(37)71-50)40-25-39-46(28-47(40)95-7)77(6)56-64(39)20-24-79-22-14-19-63(10-2,55(64)79)57(89)66(56,94)58(90)75-76-61(92)97-34(3)35(4)99-98-32-45(54(87)88)74-53(86)44(27-49(82)83)73-52(85)43(26-48(80)81)72-51(84)42(69-5)17-13-21-70-60(67)68/h11-12,14-16,19,25,28,34-36,42-45,55-57,69,71,89,93-94H,9-10,13,17-18,20-24,26-27,29-33H2,1-8H3,(H,72,84)(H,73,85)(H,74,86)(H,75,90)(H,76,92)(H,80,81)(H,82,83)(H,87,88)(H4,67,68,70)/t34?,35?,36-,42+,43+,44+,45+,55+,56-,57-,62+,63-,64-,65+,66+/m1/s1. The number of carbonyl (C=O) groups excluding carboxylic acids is 6. The lowest BCUT2D eigenvalue weighted by Crippen LogP contribution is -2.82. The molecule has 1 spiro atoms. The summed E-state index contributed by atoms with van der Waals surface area (Å²) in [6.45, 7) is 9.87. The molecule has 17 N–H and O–H groups in total. The van der Waals surface area contributed by atoms with Crippen LogP contribution in [0.1, 0.15) is 108 Å². The highest BCUT2D eigenvalue weighted by Crippen LogP contribution is 2.68. The summed E-state index contributed by atoms with van der Waals surface area (Å²) in [5.74, 6) is -10.1. The Morgan fingerprint density at radius 1 is 0.848 bits per heavy atom. The Hall–Kier alpha value is -7.92. The number of benzene rings is 2. The molecule has 16 atom stereocenters. The van der Waals surface area contributed by atoms with Crippen LogP contribution in [0.2, 0.25) is 0 Å². The molecule has 99 heavy (non-hydrogen) atoms. The number of fused-ring (bicyclic) bond motifs is 6. The molecule has 2 bridgehead atoms. The number of guanidine groups is 1. The number of para-hydroxylation sites is 1. The molecular formula is C66H93N13O18S2. The molecule has 542 valence electrons. The molecule has 33 heteroatoms. The molecule has 5 amide bonds. The van der Waals surface area contributed by atoms with E-state index in [0.717, 1.165) is 38.1 Å². The molecule has 2 saturated heterocycles. The molecule has 9 rings (SSSR count). The van der Waals surface area contributed by atoms with Crippen LogP contribution in [-0.2, 0) is 65.1 Å². The number of amides is 5. The summed E-state index contributed by atoms with van der Waals surface area (Å²) in [7, 11) is 8.02. The zero-order chi connectivity index (χ0) is 72.3. The van der Waals surface area contributed by atoms with E-state index in [-0.39, 0.29) is 43.4 Å². The van der Waals surface area contributed by atoms with Gasteiger partial charge in [0, 0.05) is 102 Å². The van der Waals surface area contributed by atoms with Crippen molar-refractivity contribution < 1.29 is 88.0 Å². The maximum atomic E-state index is 15.6. The number of nitrogens with zero attached hydrogens (tertiary/aromatic N) is 4. The lowest BCUT2D eigenvalue weighted by atomic mass is 9.47. The van der Waals surface area contributed by atoms with E-state index in [2.05, 4.69) is 51.9 Å². The average Bonchev–Trinajstić information content (AvgIpc) is 1.50. The van der Waals surface area contributed by atoms with Crippen LogP contribution in [-0.4, -0.2) is 243 Å². The fourth-order valence-corrected chi connectivity index (χ4v) is 19.1. The fourth-order valence-electron chi connectivity index (χ4n) is 16.5. The number of anilines is 1. The van der Waals surface area contributed by atoms with Gasteiger partial charge in [-0.2, -0.15) is 0 Å². The van der Waals surface area contributed by atoms with E-state index in [1.54, 1.807) is 18.9 Å². The van der Waals surface area contributed by atoms with Crippen molar-refractivity contribution in [1.82, 2.24) is 46.9 Å². The molecule has 2 aromatic carbocycles. The first kappa shape index (κ1) is 75.3. The van der Waals surface area contributed by atoms with Gasteiger partial charge in [0.25, 0.3) is 5.91 Å². The van der Waals surface area contributed by atoms with Crippen LogP contribution in [0, 0.1) is 11.3 Å². The van der Waals surface area contributed by atoms with Gasteiger partial charge in [0.1, 0.15) is 41.5 Å². The number of methoxy groups -OCH3 is 2.